The van der Waals surface area contributed by atoms with Gasteiger partial charge in [-0.25, -0.2) is 4.98 Å². The summed E-state index contributed by atoms with van der Waals surface area (Å²) in [6, 6.07) is 0. The third-order valence-electron chi connectivity index (χ3n) is 3.75. The maximum absolute atomic E-state index is 9.84. The lowest BCUT2D eigenvalue weighted by Gasteiger charge is -2.14. The van der Waals surface area contributed by atoms with Gasteiger partial charge in [-0.05, 0) is 26.7 Å². The molecule has 2 rings (SSSR count). The van der Waals surface area contributed by atoms with Gasteiger partial charge in [0.1, 0.15) is 0 Å². The molecule has 1 aromatic rings. The zero-order valence-electron chi connectivity index (χ0n) is 13.3. The average Bonchev–Trinajstić information content (AvgIpc) is 3.05. The van der Waals surface area contributed by atoms with Crippen molar-refractivity contribution in [3.8, 4) is 0 Å². The van der Waals surface area contributed by atoms with E-state index in [1.165, 1.54) is 4.88 Å². The number of hydrogen-bond acceptors (Lipinski definition) is 4. The van der Waals surface area contributed by atoms with Crippen LogP contribution in [0.3, 0.4) is 0 Å². The summed E-state index contributed by atoms with van der Waals surface area (Å²) in [4.78, 5) is 10.2. The van der Waals surface area contributed by atoms with E-state index < -0.39 is 0 Å². The highest BCUT2D eigenvalue weighted by atomic mass is 127. The summed E-state index contributed by atoms with van der Waals surface area (Å²) in [6.45, 7) is 6.51. The fourth-order valence-electron chi connectivity index (χ4n) is 2.59. The Kier molecular flexibility index (Phi) is 9.27. The number of nitrogens with one attached hydrogen (secondary N) is 2. The van der Waals surface area contributed by atoms with Gasteiger partial charge in [0.2, 0.25) is 0 Å². The van der Waals surface area contributed by atoms with Crippen molar-refractivity contribution < 1.29 is 5.11 Å². The van der Waals surface area contributed by atoms with E-state index in [9.17, 15) is 5.11 Å². The number of nitrogens with zero attached hydrogens (tertiary/aromatic N) is 2. The zero-order valence-corrected chi connectivity index (χ0v) is 16.5. The predicted molar refractivity (Wildman–Crippen MR) is 103 cm³/mol. The molecule has 22 heavy (non-hydrogen) atoms. The first-order valence-corrected chi connectivity index (χ1v) is 8.62. The molecule has 0 radical (unpaired) electrons. The molecule has 0 amide bonds. The maximum atomic E-state index is 9.84. The summed E-state index contributed by atoms with van der Waals surface area (Å²) in [5.41, 5.74) is 0. The molecule has 1 saturated carbocycles. The summed E-state index contributed by atoms with van der Waals surface area (Å²) in [7, 11) is 0. The van der Waals surface area contributed by atoms with Crippen LogP contribution in [0.2, 0.25) is 0 Å². The molecule has 0 aliphatic heterocycles. The third-order valence-corrected chi connectivity index (χ3v) is 4.72. The molecule has 2 unspecified atom stereocenters. The lowest BCUT2D eigenvalue weighted by atomic mass is 10.1. The van der Waals surface area contributed by atoms with Crippen molar-refractivity contribution in [1.82, 2.24) is 15.6 Å². The molecule has 0 bridgehead atoms. The van der Waals surface area contributed by atoms with E-state index in [2.05, 4.69) is 34.5 Å². The van der Waals surface area contributed by atoms with Crippen molar-refractivity contribution in [3.05, 3.63) is 16.1 Å². The Hall–Kier alpha value is -0.410. The van der Waals surface area contributed by atoms with Crippen LogP contribution in [-0.2, 0) is 6.42 Å². The zero-order chi connectivity index (χ0) is 15.1. The minimum atomic E-state index is -0.171. The number of aryl methyl sites for hydroxylation is 1. The third kappa shape index (κ3) is 6.37. The number of guanidine groups is 1. The summed E-state index contributed by atoms with van der Waals surface area (Å²) >= 11 is 1.74. The first-order valence-electron chi connectivity index (χ1n) is 7.80. The highest BCUT2D eigenvalue weighted by Gasteiger charge is 2.24. The second-order valence-corrected chi connectivity index (χ2v) is 6.84. The van der Waals surface area contributed by atoms with E-state index in [0.29, 0.717) is 12.5 Å². The first kappa shape index (κ1) is 19.6. The normalized spacial score (nSPS) is 21.5. The second kappa shape index (κ2) is 10.4. The van der Waals surface area contributed by atoms with Crippen LogP contribution < -0.4 is 10.6 Å². The molecule has 3 N–H and O–H groups in total. The van der Waals surface area contributed by atoms with Crippen LogP contribution in [0.25, 0.3) is 0 Å². The van der Waals surface area contributed by atoms with E-state index in [1.807, 2.05) is 6.20 Å². The maximum Gasteiger partial charge on any atom is 0.191 e. The Morgan fingerprint density at radius 1 is 1.45 bits per heavy atom. The van der Waals surface area contributed by atoms with Crippen molar-refractivity contribution in [1.29, 1.82) is 0 Å². The topological polar surface area (TPSA) is 69.5 Å². The van der Waals surface area contributed by atoms with Crippen molar-refractivity contribution in [2.24, 2.45) is 10.9 Å². The van der Waals surface area contributed by atoms with Crippen molar-refractivity contribution in [3.63, 3.8) is 0 Å². The van der Waals surface area contributed by atoms with Gasteiger partial charge in [-0.15, -0.1) is 35.3 Å². The number of aliphatic hydroxyl groups excluding tert-OH is 1. The van der Waals surface area contributed by atoms with Gasteiger partial charge < -0.3 is 15.7 Å². The predicted octanol–water partition coefficient (Wildman–Crippen LogP) is 2.33. The SMILES string of the molecule is CCNC(=NCC1CCCC1O)NCCc1ncc(C)s1.I. The van der Waals surface area contributed by atoms with Gasteiger partial charge in [0, 0.05) is 43.0 Å². The van der Waals surface area contributed by atoms with Crippen LogP contribution in [0.15, 0.2) is 11.2 Å². The van der Waals surface area contributed by atoms with E-state index >= 15 is 0 Å². The number of rotatable bonds is 6. The standard InChI is InChI=1S/C15H26N4OS.HI/c1-3-16-15(19-10-12-5-4-6-13(12)20)17-8-7-14-18-9-11(2)21-14;/h9,12-13,20H,3-8,10H2,1-2H3,(H2,16,17,19);1H. The summed E-state index contributed by atoms with van der Waals surface area (Å²) in [5, 5.41) is 17.6. The highest BCUT2D eigenvalue weighted by Crippen LogP contribution is 2.25. The summed E-state index contributed by atoms with van der Waals surface area (Å²) in [5.74, 6) is 1.16. The monoisotopic (exact) mass is 438 g/mol. The van der Waals surface area contributed by atoms with Gasteiger partial charge in [0.15, 0.2) is 5.96 Å². The molecule has 1 heterocycles. The molecular formula is C15H27IN4OS. The number of thiazole rings is 1. The first-order chi connectivity index (χ1) is 10.2. The lowest BCUT2D eigenvalue weighted by Crippen LogP contribution is -2.39. The number of aliphatic hydroxyl groups is 1. The minimum Gasteiger partial charge on any atom is -0.393 e. The lowest BCUT2D eigenvalue weighted by molar-refractivity contribution is 0.136. The molecule has 0 saturated heterocycles. The van der Waals surface area contributed by atoms with Crippen LogP contribution in [-0.4, -0.2) is 41.8 Å². The van der Waals surface area contributed by atoms with Gasteiger partial charge in [-0.2, -0.15) is 0 Å². The molecule has 126 valence electrons. The van der Waals surface area contributed by atoms with Crippen molar-refractivity contribution >= 4 is 41.3 Å². The summed E-state index contributed by atoms with van der Waals surface area (Å²) < 4.78 is 0. The van der Waals surface area contributed by atoms with Crippen LogP contribution in [0.1, 0.15) is 36.1 Å². The highest BCUT2D eigenvalue weighted by molar-refractivity contribution is 14.0. The van der Waals surface area contributed by atoms with E-state index in [4.69, 9.17) is 0 Å². The quantitative estimate of drug-likeness (QED) is 0.362. The summed E-state index contributed by atoms with van der Waals surface area (Å²) in [6.07, 6.45) is 5.79. The fraction of sp³-hybridized carbons (Fsp3) is 0.733. The van der Waals surface area contributed by atoms with Crippen LogP contribution in [0.5, 0.6) is 0 Å². The minimum absolute atomic E-state index is 0. The Morgan fingerprint density at radius 2 is 2.27 bits per heavy atom. The van der Waals surface area contributed by atoms with Crippen LogP contribution in [0.4, 0.5) is 0 Å². The van der Waals surface area contributed by atoms with Crippen LogP contribution in [0, 0.1) is 12.8 Å². The fourth-order valence-corrected chi connectivity index (χ4v) is 3.37. The second-order valence-electron chi connectivity index (χ2n) is 5.52. The van der Waals surface area contributed by atoms with Crippen molar-refractivity contribution in [2.75, 3.05) is 19.6 Å². The average molecular weight is 438 g/mol. The van der Waals surface area contributed by atoms with Crippen LogP contribution >= 0.6 is 35.3 Å². The number of aromatic nitrogens is 1. The molecule has 1 aliphatic carbocycles. The Labute approximate surface area is 154 Å². The molecule has 0 spiro atoms. The number of halogens is 1. The Morgan fingerprint density at radius 3 is 2.86 bits per heavy atom. The molecule has 7 heteroatoms. The van der Waals surface area contributed by atoms with E-state index in [-0.39, 0.29) is 30.1 Å². The molecular weight excluding hydrogens is 411 g/mol. The largest absolute Gasteiger partial charge is 0.393 e. The van der Waals surface area contributed by atoms with Gasteiger partial charge in [-0.3, -0.25) is 4.99 Å². The molecule has 5 nitrogen and oxygen atoms in total. The van der Waals surface area contributed by atoms with Gasteiger partial charge in [0.25, 0.3) is 0 Å². The van der Waals surface area contributed by atoms with Crippen molar-refractivity contribution in [2.45, 2.75) is 45.6 Å². The number of aliphatic imine (C=N–C) groups is 1. The van der Waals surface area contributed by atoms with Gasteiger partial charge in [-0.1, -0.05) is 6.42 Å². The molecule has 2 atom stereocenters. The van der Waals surface area contributed by atoms with Gasteiger partial charge >= 0.3 is 0 Å². The molecule has 1 aromatic heterocycles. The molecule has 1 fully saturated rings. The number of hydrogen-bond donors (Lipinski definition) is 3. The molecule has 1 aliphatic rings. The Balaban J connectivity index is 0.00000242. The van der Waals surface area contributed by atoms with Gasteiger partial charge in [0.05, 0.1) is 11.1 Å². The van der Waals surface area contributed by atoms with E-state index in [0.717, 1.165) is 49.7 Å². The Bertz CT molecular complexity index is 466. The molecule has 0 aromatic carbocycles. The smallest absolute Gasteiger partial charge is 0.191 e. The van der Waals surface area contributed by atoms with E-state index in [1.54, 1.807) is 11.3 Å².